The van der Waals surface area contributed by atoms with Crippen LogP contribution in [-0.4, -0.2) is 44.1 Å². The number of alkyl halides is 3. The van der Waals surface area contributed by atoms with Crippen LogP contribution in [0.5, 0.6) is 0 Å². The molecule has 0 spiro atoms. The van der Waals surface area contributed by atoms with Crippen molar-refractivity contribution in [1.29, 1.82) is 5.41 Å². The van der Waals surface area contributed by atoms with E-state index in [1.54, 1.807) is 0 Å². The third-order valence-electron chi connectivity index (χ3n) is 1.73. The summed E-state index contributed by atoms with van der Waals surface area (Å²) in [6.45, 7) is -0.311. The van der Waals surface area contributed by atoms with Crippen molar-refractivity contribution in [2.75, 3.05) is 19.3 Å². The molecule has 0 amide bonds. The van der Waals surface area contributed by atoms with E-state index in [2.05, 4.69) is 0 Å². The fraction of sp³-hybridized carbons (Fsp3) is 0.857. The van der Waals surface area contributed by atoms with E-state index < -0.39 is 34.8 Å². The molecule has 0 bridgehead atoms. The van der Waals surface area contributed by atoms with E-state index in [-0.39, 0.29) is 12.4 Å². The SMILES string of the molecule is CN(CC(=N)N)S(=O)(=O)CCCC(F)(F)F. The van der Waals surface area contributed by atoms with Crippen molar-refractivity contribution < 1.29 is 21.6 Å². The lowest BCUT2D eigenvalue weighted by molar-refractivity contribution is -0.134. The number of halogens is 3. The highest BCUT2D eigenvalue weighted by Crippen LogP contribution is 2.21. The van der Waals surface area contributed by atoms with Crippen molar-refractivity contribution in [3.63, 3.8) is 0 Å². The van der Waals surface area contributed by atoms with Crippen LogP contribution in [0.25, 0.3) is 0 Å². The summed E-state index contributed by atoms with van der Waals surface area (Å²) < 4.78 is 58.8. The first-order valence-corrected chi connectivity index (χ1v) is 5.99. The Bertz CT molecular complexity index is 339. The van der Waals surface area contributed by atoms with Crippen molar-refractivity contribution >= 4 is 15.9 Å². The van der Waals surface area contributed by atoms with Gasteiger partial charge in [-0.3, -0.25) is 5.41 Å². The second-order valence-corrected chi connectivity index (χ2v) is 5.51. The molecule has 96 valence electrons. The molecule has 0 aromatic heterocycles. The number of rotatable bonds is 6. The molecule has 0 radical (unpaired) electrons. The zero-order valence-electron chi connectivity index (χ0n) is 8.71. The Morgan fingerprint density at radius 1 is 1.44 bits per heavy atom. The number of nitrogens with zero attached hydrogens (tertiary/aromatic N) is 1. The standard InChI is InChI=1S/C7H14F3N3O2S/c1-13(5-6(11)12)16(14,15)4-2-3-7(8,9)10/h2-5H2,1H3,(H3,11,12). The topological polar surface area (TPSA) is 87.2 Å². The molecule has 0 rings (SSSR count). The van der Waals surface area contributed by atoms with Gasteiger partial charge in [-0.1, -0.05) is 0 Å². The van der Waals surface area contributed by atoms with Gasteiger partial charge in [0.15, 0.2) is 0 Å². The first-order valence-electron chi connectivity index (χ1n) is 4.38. The van der Waals surface area contributed by atoms with Gasteiger partial charge in [0.2, 0.25) is 10.0 Å². The lowest BCUT2D eigenvalue weighted by atomic mass is 10.3. The smallest absolute Gasteiger partial charge is 0.387 e. The number of amidine groups is 1. The monoisotopic (exact) mass is 261 g/mol. The van der Waals surface area contributed by atoms with Crippen molar-refractivity contribution in [3.05, 3.63) is 0 Å². The number of hydrogen-bond acceptors (Lipinski definition) is 3. The van der Waals surface area contributed by atoms with Gasteiger partial charge in [0.05, 0.1) is 12.3 Å². The van der Waals surface area contributed by atoms with E-state index in [0.29, 0.717) is 0 Å². The minimum absolute atomic E-state index is 0.311. The van der Waals surface area contributed by atoms with Crippen molar-refractivity contribution in [2.24, 2.45) is 5.73 Å². The third kappa shape index (κ3) is 6.62. The molecule has 0 atom stereocenters. The Balaban J connectivity index is 4.20. The lowest BCUT2D eigenvalue weighted by Gasteiger charge is -2.16. The summed E-state index contributed by atoms with van der Waals surface area (Å²) in [4.78, 5) is 0. The Kier molecular flexibility index (Phi) is 5.20. The van der Waals surface area contributed by atoms with Gasteiger partial charge < -0.3 is 5.73 Å². The molecule has 0 aromatic carbocycles. The Morgan fingerprint density at radius 3 is 2.31 bits per heavy atom. The predicted octanol–water partition coefficient (Wildman–Crippen LogP) is 0.526. The quantitative estimate of drug-likeness (QED) is 0.540. The van der Waals surface area contributed by atoms with Crippen LogP contribution in [0.2, 0.25) is 0 Å². The summed E-state index contributed by atoms with van der Waals surface area (Å²) in [7, 11) is -2.59. The van der Waals surface area contributed by atoms with Crippen LogP contribution in [0.3, 0.4) is 0 Å². The molecular formula is C7H14F3N3O2S. The van der Waals surface area contributed by atoms with E-state index in [1.807, 2.05) is 0 Å². The van der Waals surface area contributed by atoms with Gasteiger partial charge >= 0.3 is 6.18 Å². The first-order chi connectivity index (χ1) is 7.04. The Morgan fingerprint density at radius 2 is 1.94 bits per heavy atom. The van der Waals surface area contributed by atoms with Gasteiger partial charge in [-0.2, -0.15) is 17.5 Å². The fourth-order valence-corrected chi connectivity index (χ4v) is 2.11. The largest absolute Gasteiger partial charge is 0.389 e. The third-order valence-corrected chi connectivity index (χ3v) is 3.61. The summed E-state index contributed by atoms with van der Waals surface area (Å²) in [6, 6.07) is 0. The van der Waals surface area contributed by atoms with Gasteiger partial charge in [0.25, 0.3) is 0 Å². The average Bonchev–Trinajstić information content (AvgIpc) is 1.99. The fourth-order valence-electron chi connectivity index (χ4n) is 0.949. The summed E-state index contributed by atoms with van der Waals surface area (Å²) in [6.07, 6.45) is -5.98. The van der Waals surface area contributed by atoms with Crippen LogP contribution in [0.1, 0.15) is 12.8 Å². The molecule has 0 heterocycles. The molecule has 0 aliphatic rings. The lowest BCUT2D eigenvalue weighted by Crippen LogP contribution is -2.36. The molecule has 16 heavy (non-hydrogen) atoms. The summed E-state index contributed by atoms with van der Waals surface area (Å²) in [5.74, 6) is -0.960. The maximum Gasteiger partial charge on any atom is 0.389 e. The first kappa shape index (κ1) is 15.2. The van der Waals surface area contributed by atoms with Gasteiger partial charge in [0, 0.05) is 13.5 Å². The highest BCUT2D eigenvalue weighted by Gasteiger charge is 2.28. The number of nitrogens with one attached hydrogen (secondary N) is 1. The highest BCUT2D eigenvalue weighted by molar-refractivity contribution is 7.89. The molecule has 0 fully saturated rings. The van der Waals surface area contributed by atoms with Crippen LogP contribution in [0.15, 0.2) is 0 Å². The zero-order valence-corrected chi connectivity index (χ0v) is 9.53. The molecule has 0 aromatic rings. The van der Waals surface area contributed by atoms with E-state index >= 15 is 0 Å². The molecule has 0 aliphatic heterocycles. The number of likely N-dealkylation sites (N-methyl/N-ethyl adjacent to an activating group) is 1. The molecule has 0 saturated heterocycles. The summed E-state index contributed by atoms with van der Waals surface area (Å²) in [5, 5.41) is 6.87. The van der Waals surface area contributed by atoms with Crippen LogP contribution >= 0.6 is 0 Å². The number of nitrogens with two attached hydrogens (primary N) is 1. The second-order valence-electron chi connectivity index (χ2n) is 3.32. The number of hydrogen-bond donors (Lipinski definition) is 2. The van der Waals surface area contributed by atoms with Gasteiger partial charge in [0.1, 0.15) is 5.84 Å². The van der Waals surface area contributed by atoms with Crippen molar-refractivity contribution in [3.8, 4) is 0 Å². The molecule has 3 N–H and O–H groups in total. The van der Waals surface area contributed by atoms with E-state index in [4.69, 9.17) is 11.1 Å². The van der Waals surface area contributed by atoms with Crippen LogP contribution < -0.4 is 5.73 Å². The molecule has 9 heteroatoms. The van der Waals surface area contributed by atoms with Crippen LogP contribution in [0.4, 0.5) is 13.2 Å². The highest BCUT2D eigenvalue weighted by atomic mass is 32.2. The van der Waals surface area contributed by atoms with E-state index in [1.165, 1.54) is 7.05 Å². The molecule has 5 nitrogen and oxygen atoms in total. The number of sulfonamides is 1. The minimum atomic E-state index is -4.35. The molecular weight excluding hydrogens is 247 g/mol. The summed E-state index contributed by atoms with van der Waals surface area (Å²) >= 11 is 0. The zero-order chi connectivity index (χ0) is 13.0. The molecule has 0 unspecified atom stereocenters. The van der Waals surface area contributed by atoms with Crippen molar-refractivity contribution in [2.45, 2.75) is 19.0 Å². The molecule has 0 saturated carbocycles. The van der Waals surface area contributed by atoms with E-state index in [9.17, 15) is 21.6 Å². The predicted molar refractivity (Wildman–Crippen MR) is 53.6 cm³/mol. The summed E-state index contributed by atoms with van der Waals surface area (Å²) in [5.41, 5.74) is 4.99. The van der Waals surface area contributed by atoms with Gasteiger partial charge in [-0.05, 0) is 6.42 Å². The molecule has 0 aliphatic carbocycles. The van der Waals surface area contributed by atoms with Crippen molar-refractivity contribution in [1.82, 2.24) is 4.31 Å². The van der Waals surface area contributed by atoms with Crippen LogP contribution in [0, 0.1) is 5.41 Å². The van der Waals surface area contributed by atoms with Gasteiger partial charge in [-0.25, -0.2) is 8.42 Å². The Hall–Kier alpha value is -0.830. The maximum atomic E-state index is 11.8. The van der Waals surface area contributed by atoms with E-state index in [0.717, 1.165) is 4.31 Å². The Labute approximate surface area is 92.0 Å². The van der Waals surface area contributed by atoms with Crippen LogP contribution in [-0.2, 0) is 10.0 Å². The second kappa shape index (κ2) is 5.48. The maximum absolute atomic E-state index is 11.8. The minimum Gasteiger partial charge on any atom is -0.387 e. The average molecular weight is 261 g/mol. The normalized spacial score (nSPS) is 13.1. The van der Waals surface area contributed by atoms with Gasteiger partial charge in [-0.15, -0.1) is 0 Å².